The van der Waals surface area contributed by atoms with Crippen LogP contribution in [0.25, 0.3) is 0 Å². The quantitative estimate of drug-likeness (QED) is 0.567. The number of aliphatic hydroxyl groups excluding tert-OH is 1. The van der Waals surface area contributed by atoms with Gasteiger partial charge in [0.05, 0.1) is 5.60 Å². The topological polar surface area (TPSA) is 29.5 Å². The van der Waals surface area contributed by atoms with Gasteiger partial charge in [0, 0.05) is 0 Å². The zero-order chi connectivity index (χ0) is 13.2. The van der Waals surface area contributed by atoms with Gasteiger partial charge in [-0.3, -0.25) is 0 Å². The van der Waals surface area contributed by atoms with Gasteiger partial charge in [-0.15, -0.1) is 0 Å². The number of fused-ring (bicyclic) bond motifs is 2. The second kappa shape index (κ2) is 5.50. The Labute approximate surface area is 112 Å². The third-order valence-electron chi connectivity index (χ3n) is 4.58. The van der Waals surface area contributed by atoms with Gasteiger partial charge in [0.15, 0.2) is 6.29 Å². The number of hydrogen-bond acceptors (Lipinski definition) is 2. The molecule has 2 bridgehead atoms. The Hall–Kier alpha value is -0.0800. The molecule has 1 N–H and O–H groups in total. The molecule has 18 heavy (non-hydrogen) atoms. The molecule has 0 aromatic heterocycles. The summed E-state index contributed by atoms with van der Waals surface area (Å²) in [7, 11) is 0. The van der Waals surface area contributed by atoms with E-state index < -0.39 is 6.29 Å². The highest BCUT2D eigenvalue weighted by molar-refractivity contribution is 4.99. The predicted molar refractivity (Wildman–Crippen MR) is 74.3 cm³/mol. The highest BCUT2D eigenvalue weighted by atomic mass is 16.6. The maximum absolute atomic E-state index is 10.00. The minimum Gasteiger partial charge on any atom is -0.368 e. The minimum absolute atomic E-state index is 0.0758. The third kappa shape index (κ3) is 3.96. The van der Waals surface area contributed by atoms with Crippen molar-refractivity contribution in [3.05, 3.63) is 0 Å². The molecule has 2 nitrogen and oxygen atoms in total. The Morgan fingerprint density at radius 2 is 2.00 bits per heavy atom. The van der Waals surface area contributed by atoms with Gasteiger partial charge >= 0.3 is 0 Å². The van der Waals surface area contributed by atoms with E-state index in [1.165, 1.54) is 44.9 Å². The van der Waals surface area contributed by atoms with Crippen molar-refractivity contribution in [3.63, 3.8) is 0 Å². The van der Waals surface area contributed by atoms with E-state index in [2.05, 4.69) is 20.8 Å². The van der Waals surface area contributed by atoms with Crippen molar-refractivity contribution in [2.45, 2.75) is 90.4 Å². The molecule has 0 radical (unpaired) electrons. The second-order valence-electron chi connectivity index (χ2n) is 7.73. The summed E-state index contributed by atoms with van der Waals surface area (Å²) in [6, 6.07) is 0. The maximum Gasteiger partial charge on any atom is 0.155 e. The third-order valence-corrected chi connectivity index (χ3v) is 4.58. The van der Waals surface area contributed by atoms with Crippen LogP contribution in [0.3, 0.4) is 0 Å². The first-order valence-corrected chi connectivity index (χ1v) is 7.75. The van der Waals surface area contributed by atoms with Crippen LogP contribution in [-0.2, 0) is 4.74 Å². The molecule has 1 atom stereocenters. The Balaban J connectivity index is 1.59. The van der Waals surface area contributed by atoms with Crippen molar-refractivity contribution >= 4 is 0 Å². The lowest BCUT2D eigenvalue weighted by Crippen LogP contribution is -2.51. The van der Waals surface area contributed by atoms with Crippen LogP contribution in [0.15, 0.2) is 0 Å². The normalized spacial score (nSPS) is 33.0. The van der Waals surface area contributed by atoms with Gasteiger partial charge in [-0.25, -0.2) is 0 Å². The second-order valence-corrected chi connectivity index (χ2v) is 7.73. The Morgan fingerprint density at radius 1 is 1.28 bits per heavy atom. The van der Waals surface area contributed by atoms with Gasteiger partial charge < -0.3 is 9.84 Å². The van der Waals surface area contributed by atoms with Crippen LogP contribution in [-0.4, -0.2) is 17.0 Å². The summed E-state index contributed by atoms with van der Waals surface area (Å²) in [4.78, 5) is 0. The van der Waals surface area contributed by atoms with Crippen LogP contribution >= 0.6 is 0 Å². The number of unbranched alkanes of at least 4 members (excludes halogenated alkanes) is 1. The molecule has 3 fully saturated rings. The monoisotopic (exact) mass is 254 g/mol. The van der Waals surface area contributed by atoms with Crippen LogP contribution in [0.5, 0.6) is 0 Å². The number of hydrogen-bond donors (Lipinski definition) is 1. The van der Waals surface area contributed by atoms with Crippen LogP contribution in [0.4, 0.5) is 0 Å². The molecule has 2 heteroatoms. The molecule has 0 aromatic carbocycles. The molecule has 0 saturated heterocycles. The Kier molecular flexibility index (Phi) is 4.38. The predicted octanol–water partition coefficient (Wildman–Crippen LogP) is 4.26. The average Bonchev–Trinajstić information content (AvgIpc) is 2.22. The standard InChI is InChI=1S/C16H30O2/c1-15(2,3)9-5-4-8-14(17)18-16-10-6-7-13(11-16)12-16/h13-14,17H,4-12H2,1-3H3. The molecule has 0 spiro atoms. The van der Waals surface area contributed by atoms with Gasteiger partial charge in [0.2, 0.25) is 0 Å². The minimum atomic E-state index is -0.524. The van der Waals surface area contributed by atoms with E-state index in [9.17, 15) is 5.11 Å². The molecule has 3 aliphatic rings. The summed E-state index contributed by atoms with van der Waals surface area (Å²) in [5.74, 6) is 0.895. The SMILES string of the molecule is CC(C)(C)CCCCC(O)OC12CCCC(C1)C2. The smallest absolute Gasteiger partial charge is 0.155 e. The molecule has 3 saturated carbocycles. The summed E-state index contributed by atoms with van der Waals surface area (Å²) in [6.07, 6.45) is 10.0. The molecular formula is C16H30O2. The fraction of sp³-hybridized carbons (Fsp3) is 1.00. The lowest BCUT2D eigenvalue weighted by Gasteiger charge is -2.52. The van der Waals surface area contributed by atoms with E-state index in [0.717, 1.165) is 18.8 Å². The van der Waals surface area contributed by atoms with Gasteiger partial charge in [-0.05, 0) is 49.9 Å². The van der Waals surface area contributed by atoms with Gasteiger partial charge in [0.1, 0.15) is 0 Å². The zero-order valence-corrected chi connectivity index (χ0v) is 12.4. The Bertz CT molecular complexity index is 255. The van der Waals surface area contributed by atoms with Crippen molar-refractivity contribution in [1.29, 1.82) is 0 Å². The lowest BCUT2D eigenvalue weighted by atomic mass is 9.61. The molecule has 106 valence electrons. The van der Waals surface area contributed by atoms with Gasteiger partial charge in [-0.2, -0.15) is 0 Å². The number of ether oxygens (including phenoxy) is 1. The molecule has 0 amide bonds. The lowest BCUT2D eigenvalue weighted by molar-refractivity contribution is -0.245. The molecule has 0 aliphatic heterocycles. The van der Waals surface area contributed by atoms with Crippen LogP contribution in [0.1, 0.15) is 78.6 Å². The van der Waals surface area contributed by atoms with E-state index >= 15 is 0 Å². The average molecular weight is 254 g/mol. The molecule has 0 aromatic rings. The summed E-state index contributed by atoms with van der Waals surface area (Å²) >= 11 is 0. The maximum atomic E-state index is 10.00. The first-order valence-electron chi connectivity index (χ1n) is 7.75. The van der Waals surface area contributed by atoms with Crippen molar-refractivity contribution < 1.29 is 9.84 Å². The molecule has 0 heterocycles. The summed E-state index contributed by atoms with van der Waals surface area (Å²) < 4.78 is 5.93. The fourth-order valence-electron chi connectivity index (χ4n) is 3.59. The zero-order valence-electron chi connectivity index (χ0n) is 12.4. The van der Waals surface area contributed by atoms with Gasteiger partial charge in [-0.1, -0.05) is 40.0 Å². The molecule has 3 aliphatic carbocycles. The Morgan fingerprint density at radius 3 is 2.56 bits per heavy atom. The van der Waals surface area contributed by atoms with Crippen LogP contribution < -0.4 is 0 Å². The van der Waals surface area contributed by atoms with E-state index in [4.69, 9.17) is 4.74 Å². The fourth-order valence-corrected chi connectivity index (χ4v) is 3.59. The van der Waals surface area contributed by atoms with Crippen LogP contribution in [0.2, 0.25) is 0 Å². The largest absolute Gasteiger partial charge is 0.368 e. The highest BCUT2D eigenvalue weighted by Gasteiger charge is 2.48. The molecular weight excluding hydrogens is 224 g/mol. The molecule has 3 rings (SSSR count). The summed E-state index contributed by atoms with van der Waals surface area (Å²) in [5, 5.41) is 10.00. The summed E-state index contributed by atoms with van der Waals surface area (Å²) in [5.41, 5.74) is 0.488. The van der Waals surface area contributed by atoms with Crippen LogP contribution in [0, 0.1) is 11.3 Å². The first-order chi connectivity index (χ1) is 8.39. The first kappa shape index (κ1) is 14.3. The summed E-state index contributed by atoms with van der Waals surface area (Å²) in [6.45, 7) is 6.82. The van der Waals surface area contributed by atoms with Crippen molar-refractivity contribution in [2.24, 2.45) is 11.3 Å². The van der Waals surface area contributed by atoms with E-state index in [0.29, 0.717) is 5.41 Å². The van der Waals surface area contributed by atoms with Crippen molar-refractivity contribution in [2.75, 3.05) is 0 Å². The number of rotatable bonds is 6. The number of aliphatic hydroxyl groups is 1. The van der Waals surface area contributed by atoms with Crippen molar-refractivity contribution in [1.82, 2.24) is 0 Å². The van der Waals surface area contributed by atoms with E-state index in [-0.39, 0.29) is 5.60 Å². The van der Waals surface area contributed by atoms with Crippen molar-refractivity contribution in [3.8, 4) is 0 Å². The van der Waals surface area contributed by atoms with E-state index in [1.807, 2.05) is 0 Å². The van der Waals surface area contributed by atoms with E-state index in [1.54, 1.807) is 0 Å². The highest BCUT2D eigenvalue weighted by Crippen LogP contribution is 2.51. The van der Waals surface area contributed by atoms with Gasteiger partial charge in [0.25, 0.3) is 0 Å². The molecule has 1 unspecified atom stereocenters.